The Morgan fingerprint density at radius 2 is 2.20 bits per heavy atom. The molecule has 2 rings (SSSR count). The number of carbonyl (C=O) groups is 2. The zero-order valence-corrected chi connectivity index (χ0v) is 11.5. The van der Waals surface area contributed by atoms with E-state index in [1.54, 1.807) is 6.92 Å². The molecule has 1 aliphatic rings. The monoisotopic (exact) mass is 281 g/mol. The highest BCUT2D eigenvalue weighted by molar-refractivity contribution is 5.87. The van der Waals surface area contributed by atoms with E-state index in [1.165, 1.54) is 6.26 Å². The smallest absolute Gasteiger partial charge is 0.360 e. The molecule has 7 heteroatoms. The molecule has 0 aliphatic carbocycles. The summed E-state index contributed by atoms with van der Waals surface area (Å²) in [5, 5.41) is 0. The van der Waals surface area contributed by atoms with Crippen LogP contribution in [0.3, 0.4) is 0 Å². The number of anilines is 1. The van der Waals surface area contributed by atoms with E-state index >= 15 is 0 Å². The van der Waals surface area contributed by atoms with E-state index in [2.05, 4.69) is 4.98 Å². The third-order valence-corrected chi connectivity index (χ3v) is 3.35. The van der Waals surface area contributed by atoms with Crippen LogP contribution < -0.4 is 10.6 Å². The van der Waals surface area contributed by atoms with Crippen LogP contribution in [0.15, 0.2) is 10.7 Å². The fourth-order valence-electron chi connectivity index (χ4n) is 2.32. The van der Waals surface area contributed by atoms with Crippen molar-refractivity contribution < 1.29 is 18.7 Å². The number of piperidine rings is 1. The summed E-state index contributed by atoms with van der Waals surface area (Å²) in [6, 6.07) is 0.422. The summed E-state index contributed by atoms with van der Waals surface area (Å²) >= 11 is 0. The maximum absolute atomic E-state index is 11.5. The second kappa shape index (κ2) is 6.40. The number of hydrogen-bond donors (Lipinski definition) is 1. The van der Waals surface area contributed by atoms with Gasteiger partial charge in [0.05, 0.1) is 6.61 Å². The van der Waals surface area contributed by atoms with Crippen molar-refractivity contribution in [1.82, 2.24) is 4.98 Å². The van der Waals surface area contributed by atoms with E-state index in [0.29, 0.717) is 25.0 Å². The van der Waals surface area contributed by atoms with Gasteiger partial charge in [0.1, 0.15) is 6.26 Å². The van der Waals surface area contributed by atoms with Crippen molar-refractivity contribution in [3.05, 3.63) is 12.0 Å². The molecule has 0 spiro atoms. The van der Waals surface area contributed by atoms with Crippen LogP contribution in [0, 0.1) is 5.92 Å². The van der Waals surface area contributed by atoms with Gasteiger partial charge in [0.2, 0.25) is 5.91 Å². The van der Waals surface area contributed by atoms with Gasteiger partial charge >= 0.3 is 5.97 Å². The average Bonchev–Trinajstić information content (AvgIpc) is 2.89. The largest absolute Gasteiger partial charge is 0.461 e. The summed E-state index contributed by atoms with van der Waals surface area (Å²) in [6.07, 6.45) is 3.45. The second-order valence-corrected chi connectivity index (χ2v) is 4.84. The molecule has 7 nitrogen and oxygen atoms in total. The normalized spacial score (nSPS) is 16.1. The fourth-order valence-corrected chi connectivity index (χ4v) is 2.32. The van der Waals surface area contributed by atoms with Crippen molar-refractivity contribution in [1.29, 1.82) is 0 Å². The summed E-state index contributed by atoms with van der Waals surface area (Å²) in [5.74, 6) is -0.418. The first-order valence-electron chi connectivity index (χ1n) is 6.76. The van der Waals surface area contributed by atoms with Crippen molar-refractivity contribution in [3.63, 3.8) is 0 Å². The molecule has 0 radical (unpaired) electrons. The van der Waals surface area contributed by atoms with Crippen LogP contribution in [0.5, 0.6) is 0 Å². The summed E-state index contributed by atoms with van der Waals surface area (Å²) in [4.78, 5) is 28.5. The van der Waals surface area contributed by atoms with Crippen LogP contribution in [0.2, 0.25) is 0 Å². The second-order valence-electron chi connectivity index (χ2n) is 4.84. The van der Waals surface area contributed by atoms with Gasteiger partial charge in [-0.2, -0.15) is 4.98 Å². The Morgan fingerprint density at radius 1 is 1.50 bits per heavy atom. The van der Waals surface area contributed by atoms with Crippen molar-refractivity contribution in [2.24, 2.45) is 11.7 Å². The van der Waals surface area contributed by atoms with Crippen LogP contribution in [0.25, 0.3) is 0 Å². The summed E-state index contributed by atoms with van der Waals surface area (Å²) < 4.78 is 10.2. The number of oxazole rings is 1. The molecule has 1 saturated heterocycles. The zero-order chi connectivity index (χ0) is 14.5. The van der Waals surface area contributed by atoms with Gasteiger partial charge in [0, 0.05) is 19.5 Å². The van der Waals surface area contributed by atoms with Crippen molar-refractivity contribution in [2.75, 3.05) is 24.6 Å². The van der Waals surface area contributed by atoms with Crippen LogP contribution >= 0.6 is 0 Å². The molecule has 20 heavy (non-hydrogen) atoms. The average molecular weight is 281 g/mol. The highest BCUT2D eigenvalue weighted by atomic mass is 16.5. The molecule has 0 unspecified atom stereocenters. The van der Waals surface area contributed by atoms with Crippen LogP contribution in [-0.4, -0.2) is 36.6 Å². The topological polar surface area (TPSA) is 98.7 Å². The lowest BCUT2D eigenvalue weighted by Gasteiger charge is -2.30. The molecular formula is C13H19N3O4. The van der Waals surface area contributed by atoms with Crippen molar-refractivity contribution in [2.45, 2.75) is 26.2 Å². The number of amides is 1. The Balaban J connectivity index is 1.91. The first kappa shape index (κ1) is 14.4. The minimum Gasteiger partial charge on any atom is -0.461 e. The number of rotatable bonds is 5. The van der Waals surface area contributed by atoms with E-state index in [1.807, 2.05) is 4.90 Å². The standard InChI is InChI=1S/C13H19N3O4/c1-2-19-12(18)10-8-20-13(15-10)16-5-3-9(4-6-16)7-11(14)17/h8-9H,2-7H2,1H3,(H2,14,17). The Hall–Kier alpha value is -2.05. The van der Waals surface area contributed by atoms with Crippen LogP contribution in [-0.2, 0) is 9.53 Å². The SMILES string of the molecule is CCOC(=O)c1coc(N2CCC(CC(N)=O)CC2)n1. The summed E-state index contributed by atoms with van der Waals surface area (Å²) in [7, 11) is 0. The summed E-state index contributed by atoms with van der Waals surface area (Å²) in [6.45, 7) is 3.52. The Kier molecular flexibility index (Phi) is 4.60. The molecular weight excluding hydrogens is 262 g/mol. The highest BCUT2D eigenvalue weighted by Crippen LogP contribution is 2.24. The van der Waals surface area contributed by atoms with Crippen LogP contribution in [0.4, 0.5) is 6.01 Å². The molecule has 2 heterocycles. The third-order valence-electron chi connectivity index (χ3n) is 3.35. The predicted octanol–water partition coefficient (Wildman–Crippen LogP) is 0.943. The molecule has 0 saturated carbocycles. The van der Waals surface area contributed by atoms with Crippen LogP contribution in [0.1, 0.15) is 36.7 Å². The predicted molar refractivity (Wildman–Crippen MR) is 71.2 cm³/mol. The van der Waals surface area contributed by atoms with Gasteiger partial charge in [-0.05, 0) is 25.7 Å². The molecule has 1 aromatic heterocycles. The number of ether oxygens (including phenoxy) is 1. The first-order chi connectivity index (χ1) is 9.60. The van der Waals surface area contributed by atoms with Crippen molar-refractivity contribution >= 4 is 17.9 Å². The molecule has 1 aliphatic heterocycles. The van der Waals surface area contributed by atoms with E-state index in [0.717, 1.165) is 25.9 Å². The zero-order valence-electron chi connectivity index (χ0n) is 11.5. The molecule has 0 aromatic carbocycles. The highest BCUT2D eigenvalue weighted by Gasteiger charge is 2.24. The fraction of sp³-hybridized carbons (Fsp3) is 0.615. The lowest BCUT2D eigenvalue weighted by Crippen LogP contribution is -2.35. The van der Waals surface area contributed by atoms with Gasteiger partial charge in [-0.3, -0.25) is 4.79 Å². The van der Waals surface area contributed by atoms with Gasteiger partial charge in [0.15, 0.2) is 5.69 Å². The molecule has 0 atom stereocenters. The Labute approximate surface area is 117 Å². The van der Waals surface area contributed by atoms with Gasteiger partial charge in [-0.25, -0.2) is 4.79 Å². The van der Waals surface area contributed by atoms with E-state index < -0.39 is 5.97 Å². The quantitative estimate of drug-likeness (QED) is 0.806. The van der Waals surface area contributed by atoms with E-state index in [9.17, 15) is 9.59 Å². The molecule has 1 aromatic rings. The maximum atomic E-state index is 11.5. The van der Waals surface area contributed by atoms with Gasteiger partial charge < -0.3 is 19.8 Å². The Bertz CT molecular complexity index is 478. The van der Waals surface area contributed by atoms with Gasteiger partial charge in [-0.1, -0.05) is 0 Å². The number of nitrogens with two attached hydrogens (primary N) is 1. The third kappa shape index (κ3) is 3.49. The van der Waals surface area contributed by atoms with E-state index in [4.69, 9.17) is 14.9 Å². The molecule has 2 N–H and O–H groups in total. The van der Waals surface area contributed by atoms with Crippen molar-refractivity contribution in [3.8, 4) is 0 Å². The lowest BCUT2D eigenvalue weighted by molar-refractivity contribution is -0.119. The molecule has 0 bridgehead atoms. The molecule has 110 valence electrons. The number of nitrogens with zero attached hydrogens (tertiary/aromatic N) is 2. The molecule has 1 amide bonds. The number of aromatic nitrogens is 1. The number of hydrogen-bond acceptors (Lipinski definition) is 6. The van der Waals surface area contributed by atoms with E-state index in [-0.39, 0.29) is 11.6 Å². The number of esters is 1. The number of primary amides is 1. The number of carbonyl (C=O) groups excluding carboxylic acids is 2. The summed E-state index contributed by atoms with van der Waals surface area (Å²) in [5.41, 5.74) is 5.38. The van der Waals surface area contributed by atoms with Gasteiger partial charge in [0.25, 0.3) is 6.01 Å². The Morgan fingerprint density at radius 3 is 2.80 bits per heavy atom. The first-order valence-corrected chi connectivity index (χ1v) is 6.76. The minimum absolute atomic E-state index is 0.182. The van der Waals surface area contributed by atoms with Gasteiger partial charge in [-0.15, -0.1) is 0 Å². The lowest BCUT2D eigenvalue weighted by atomic mass is 9.93. The maximum Gasteiger partial charge on any atom is 0.360 e. The minimum atomic E-state index is -0.480. The molecule has 1 fully saturated rings.